The summed E-state index contributed by atoms with van der Waals surface area (Å²) in [4.78, 5) is 0. The van der Waals surface area contributed by atoms with Crippen LogP contribution in [0.5, 0.6) is 0 Å². The average Bonchev–Trinajstić information content (AvgIpc) is 3.60. The topological polar surface area (TPSA) is 81.2 Å². The number of nitrogens with zero attached hydrogens (tertiary/aromatic N) is 5. The van der Waals surface area contributed by atoms with Crippen LogP contribution < -0.4 is 0 Å². The Morgan fingerprint density at radius 3 is 1.41 bits per heavy atom. The van der Waals surface area contributed by atoms with Crippen LogP contribution in [0.25, 0.3) is 66.1 Å². The van der Waals surface area contributed by atoms with Crippen LogP contribution >= 0.6 is 0 Å². The van der Waals surface area contributed by atoms with Crippen LogP contribution in [0.1, 0.15) is 16.7 Å². The fourth-order valence-electron chi connectivity index (χ4n) is 6.64. The highest BCUT2D eigenvalue weighted by Crippen LogP contribution is 2.41. The lowest BCUT2D eigenvalue weighted by Gasteiger charge is -2.19. The molecule has 0 N–H and O–H groups in total. The van der Waals surface area contributed by atoms with Crippen molar-refractivity contribution in [3.05, 3.63) is 144 Å². The molecule has 44 heavy (non-hydrogen) atoms. The Morgan fingerprint density at radius 2 is 0.932 bits per heavy atom. The van der Waals surface area contributed by atoms with Gasteiger partial charge in [-0.25, -0.2) is 0 Å². The largest absolute Gasteiger partial charge is 0.308 e. The van der Waals surface area contributed by atoms with Crippen molar-refractivity contribution in [1.82, 2.24) is 9.13 Å². The van der Waals surface area contributed by atoms with Crippen molar-refractivity contribution in [1.29, 1.82) is 15.8 Å². The van der Waals surface area contributed by atoms with Crippen molar-refractivity contribution in [3.8, 4) is 40.7 Å². The van der Waals surface area contributed by atoms with E-state index in [1.54, 1.807) is 18.2 Å². The van der Waals surface area contributed by atoms with E-state index in [-0.39, 0.29) is 0 Å². The first-order valence-electron chi connectivity index (χ1n) is 14.2. The molecule has 2 aromatic heterocycles. The van der Waals surface area contributed by atoms with E-state index in [9.17, 15) is 15.8 Å². The minimum Gasteiger partial charge on any atom is -0.308 e. The van der Waals surface area contributed by atoms with Crippen molar-refractivity contribution >= 4 is 43.6 Å². The van der Waals surface area contributed by atoms with Crippen molar-refractivity contribution in [2.75, 3.05) is 0 Å². The molecule has 0 fully saturated rings. The van der Waals surface area contributed by atoms with Gasteiger partial charge in [0.1, 0.15) is 12.1 Å². The van der Waals surface area contributed by atoms with E-state index < -0.39 is 0 Å². The maximum absolute atomic E-state index is 10.8. The highest BCUT2D eigenvalue weighted by atomic mass is 15.0. The lowest BCUT2D eigenvalue weighted by Crippen LogP contribution is -2.04. The van der Waals surface area contributed by atoms with Crippen LogP contribution in [0, 0.1) is 34.0 Å². The second kappa shape index (κ2) is 9.74. The number of benzene rings is 6. The van der Waals surface area contributed by atoms with Crippen molar-refractivity contribution in [2.45, 2.75) is 0 Å². The molecule has 0 atom stereocenters. The normalized spacial score (nSPS) is 11.1. The van der Waals surface area contributed by atoms with Gasteiger partial charge in [0.05, 0.1) is 56.2 Å². The zero-order valence-corrected chi connectivity index (χ0v) is 23.4. The molecule has 5 nitrogen and oxygen atoms in total. The maximum Gasteiger partial charge on any atom is 0.102 e. The Balaban J connectivity index is 1.53. The van der Waals surface area contributed by atoms with E-state index in [1.165, 1.54) is 0 Å². The molecule has 202 valence electrons. The summed E-state index contributed by atoms with van der Waals surface area (Å²) in [6, 6.07) is 48.8. The van der Waals surface area contributed by atoms with Crippen molar-refractivity contribution in [3.63, 3.8) is 0 Å². The van der Waals surface area contributed by atoms with E-state index in [1.807, 2.05) is 84.9 Å². The molecule has 0 spiro atoms. The molecular weight excluding hydrogens is 538 g/mol. The molecule has 0 radical (unpaired) electrons. The van der Waals surface area contributed by atoms with E-state index in [0.29, 0.717) is 39.2 Å². The quantitative estimate of drug-likeness (QED) is 0.216. The highest BCUT2D eigenvalue weighted by molar-refractivity contribution is 6.11. The Bertz CT molecular complexity index is 2490. The van der Waals surface area contributed by atoms with E-state index >= 15 is 0 Å². The minimum absolute atomic E-state index is 0.423. The number of hydrogen-bond donors (Lipinski definition) is 0. The first kappa shape index (κ1) is 25.1. The predicted molar refractivity (Wildman–Crippen MR) is 175 cm³/mol. The molecule has 0 amide bonds. The zero-order chi connectivity index (χ0) is 29.8. The Kier molecular flexibility index (Phi) is 5.56. The van der Waals surface area contributed by atoms with E-state index in [0.717, 1.165) is 43.6 Å². The molecule has 0 aliphatic heterocycles. The smallest absolute Gasteiger partial charge is 0.102 e. The number of aromatic nitrogens is 2. The SMILES string of the molecule is N#Cc1cc(-c2cccc(C#N)c2-n2c3ccccc3c3ccccc32)c(C#N)c(-n2c3ccccc3c3ccccc32)c1. The Labute approximate surface area is 252 Å². The van der Waals surface area contributed by atoms with E-state index in [2.05, 4.69) is 51.6 Å². The molecule has 8 aromatic rings. The predicted octanol–water partition coefficient (Wildman–Crippen LogP) is 9.16. The number of para-hydroxylation sites is 5. The van der Waals surface area contributed by atoms with Gasteiger partial charge in [-0.05, 0) is 42.5 Å². The first-order chi connectivity index (χ1) is 21.7. The average molecular weight is 560 g/mol. The lowest BCUT2D eigenvalue weighted by molar-refractivity contribution is 1.15. The minimum atomic E-state index is 0.423. The second-order valence-electron chi connectivity index (χ2n) is 10.7. The van der Waals surface area contributed by atoms with Gasteiger partial charge < -0.3 is 9.13 Å². The summed E-state index contributed by atoms with van der Waals surface area (Å²) in [5.41, 5.74) is 7.70. The van der Waals surface area contributed by atoms with Gasteiger partial charge in [-0.3, -0.25) is 0 Å². The van der Waals surface area contributed by atoms with Crippen LogP contribution in [0.2, 0.25) is 0 Å². The third-order valence-electron chi connectivity index (χ3n) is 8.43. The summed E-state index contributed by atoms with van der Waals surface area (Å²) in [5.74, 6) is 0. The standard InChI is InChI=1S/C39H21N5/c40-22-25-20-32(33(24-42)38(21-25)43-34-16-5-1-11-27(34)28-12-2-6-17-35(28)43)31-15-9-10-26(23-41)39(31)44-36-18-7-3-13-29(36)30-14-4-8-19-37(30)44/h1-21H. The molecule has 0 saturated heterocycles. The van der Waals surface area contributed by atoms with E-state index in [4.69, 9.17) is 0 Å². The third kappa shape index (κ3) is 3.50. The van der Waals surface area contributed by atoms with Crippen LogP contribution in [-0.2, 0) is 0 Å². The molecule has 2 heterocycles. The van der Waals surface area contributed by atoms with Crippen LogP contribution in [-0.4, -0.2) is 9.13 Å². The monoisotopic (exact) mass is 559 g/mol. The highest BCUT2D eigenvalue weighted by Gasteiger charge is 2.23. The summed E-state index contributed by atoms with van der Waals surface area (Å²) in [7, 11) is 0. The lowest BCUT2D eigenvalue weighted by atomic mass is 9.93. The summed E-state index contributed by atoms with van der Waals surface area (Å²) in [6.07, 6.45) is 0. The summed E-state index contributed by atoms with van der Waals surface area (Å²) >= 11 is 0. The molecule has 0 unspecified atom stereocenters. The molecule has 0 aliphatic carbocycles. The molecule has 6 aromatic carbocycles. The molecule has 5 heteroatoms. The number of nitriles is 3. The van der Waals surface area contributed by atoms with Gasteiger partial charge in [0.2, 0.25) is 0 Å². The third-order valence-corrected chi connectivity index (χ3v) is 8.43. The van der Waals surface area contributed by atoms with Gasteiger partial charge in [0.25, 0.3) is 0 Å². The van der Waals surface area contributed by atoms with Crippen molar-refractivity contribution < 1.29 is 0 Å². The Morgan fingerprint density at radius 1 is 0.432 bits per heavy atom. The fourth-order valence-corrected chi connectivity index (χ4v) is 6.64. The molecule has 8 rings (SSSR count). The van der Waals surface area contributed by atoms with Gasteiger partial charge in [-0.15, -0.1) is 0 Å². The molecular formula is C39H21N5. The van der Waals surface area contributed by atoms with Gasteiger partial charge in [-0.2, -0.15) is 15.8 Å². The van der Waals surface area contributed by atoms with Gasteiger partial charge >= 0.3 is 0 Å². The number of fused-ring (bicyclic) bond motifs is 6. The van der Waals surface area contributed by atoms with Crippen molar-refractivity contribution in [2.24, 2.45) is 0 Å². The molecule has 0 saturated carbocycles. The Hall–Kier alpha value is -6.61. The summed E-state index contributed by atoms with van der Waals surface area (Å²) in [5, 5.41) is 35.8. The van der Waals surface area contributed by atoms with Gasteiger partial charge in [0, 0.05) is 32.7 Å². The zero-order valence-electron chi connectivity index (χ0n) is 23.4. The van der Waals surface area contributed by atoms with Crippen LogP contribution in [0.3, 0.4) is 0 Å². The second-order valence-corrected chi connectivity index (χ2v) is 10.7. The van der Waals surface area contributed by atoms with Crippen LogP contribution in [0.4, 0.5) is 0 Å². The number of hydrogen-bond acceptors (Lipinski definition) is 3. The molecule has 0 aliphatic rings. The van der Waals surface area contributed by atoms with Crippen LogP contribution in [0.15, 0.2) is 127 Å². The summed E-state index contributed by atoms with van der Waals surface area (Å²) in [6.45, 7) is 0. The summed E-state index contributed by atoms with van der Waals surface area (Å²) < 4.78 is 4.18. The fraction of sp³-hybridized carbons (Fsp3) is 0. The molecule has 0 bridgehead atoms. The first-order valence-corrected chi connectivity index (χ1v) is 14.2. The number of rotatable bonds is 3. The maximum atomic E-state index is 10.8. The van der Waals surface area contributed by atoms with Gasteiger partial charge in [0.15, 0.2) is 0 Å². The van der Waals surface area contributed by atoms with Gasteiger partial charge in [-0.1, -0.05) is 84.9 Å².